The lowest BCUT2D eigenvalue weighted by Gasteiger charge is -2.10. The standard InChI is InChI=1S/C16H13Cl2N3O2/c1-10(22)15(21-20-12-8-6-11(17)7-9-12)16(23)19-14-5-3-2-4-13(14)18/h2-9,15H,1H3,(H,19,23). The molecule has 0 aliphatic heterocycles. The van der Waals surface area contributed by atoms with Gasteiger partial charge in [0.25, 0.3) is 5.91 Å². The molecule has 2 aromatic carbocycles. The second-order valence-electron chi connectivity index (χ2n) is 4.67. The lowest BCUT2D eigenvalue weighted by molar-refractivity contribution is -0.126. The summed E-state index contributed by atoms with van der Waals surface area (Å²) in [5.74, 6) is -1.02. The van der Waals surface area contributed by atoms with E-state index >= 15 is 0 Å². The Labute approximate surface area is 143 Å². The molecule has 2 rings (SSSR count). The van der Waals surface area contributed by atoms with Crippen molar-refractivity contribution in [2.45, 2.75) is 13.0 Å². The Kier molecular flexibility index (Phi) is 5.84. The van der Waals surface area contributed by atoms with Crippen molar-refractivity contribution in [2.24, 2.45) is 10.2 Å². The smallest absolute Gasteiger partial charge is 0.258 e. The molecule has 1 N–H and O–H groups in total. The Bertz CT molecular complexity index is 745. The van der Waals surface area contributed by atoms with Crippen LogP contribution in [0.1, 0.15) is 6.92 Å². The van der Waals surface area contributed by atoms with Crippen molar-refractivity contribution >= 4 is 46.3 Å². The van der Waals surface area contributed by atoms with Gasteiger partial charge in [-0.25, -0.2) is 0 Å². The lowest BCUT2D eigenvalue weighted by atomic mass is 10.2. The number of amides is 1. The molecule has 2 aromatic rings. The number of nitrogens with zero attached hydrogens (tertiary/aromatic N) is 2. The van der Waals surface area contributed by atoms with E-state index in [-0.39, 0.29) is 0 Å². The number of Topliss-reactive ketones (excluding diaryl/α,β-unsaturated/α-hetero) is 1. The van der Waals surface area contributed by atoms with Crippen LogP contribution in [0, 0.1) is 0 Å². The molecule has 0 aliphatic rings. The monoisotopic (exact) mass is 349 g/mol. The third-order valence-corrected chi connectivity index (χ3v) is 3.46. The summed E-state index contributed by atoms with van der Waals surface area (Å²) in [5, 5.41) is 11.2. The topological polar surface area (TPSA) is 70.9 Å². The first kappa shape index (κ1) is 17.1. The molecule has 0 heterocycles. The fourth-order valence-corrected chi connectivity index (χ4v) is 2.02. The highest BCUT2D eigenvalue weighted by molar-refractivity contribution is 6.34. The number of ketones is 1. The van der Waals surface area contributed by atoms with E-state index in [1.165, 1.54) is 6.92 Å². The minimum atomic E-state index is -1.25. The van der Waals surface area contributed by atoms with Crippen LogP contribution in [0.5, 0.6) is 0 Å². The number of hydrogen-bond acceptors (Lipinski definition) is 4. The van der Waals surface area contributed by atoms with Gasteiger partial charge in [-0.3, -0.25) is 9.59 Å². The average molecular weight is 350 g/mol. The van der Waals surface area contributed by atoms with Crippen LogP contribution in [0.2, 0.25) is 10.0 Å². The van der Waals surface area contributed by atoms with Crippen molar-refractivity contribution in [1.82, 2.24) is 0 Å². The molecule has 0 spiro atoms. The SMILES string of the molecule is CC(=O)C(N=Nc1ccc(Cl)cc1)C(=O)Nc1ccccc1Cl. The first-order valence-corrected chi connectivity index (χ1v) is 7.45. The number of anilines is 1. The van der Waals surface area contributed by atoms with Gasteiger partial charge < -0.3 is 5.32 Å². The van der Waals surface area contributed by atoms with Gasteiger partial charge in [0.15, 0.2) is 5.78 Å². The molecule has 0 bridgehead atoms. The molecular formula is C16H13Cl2N3O2. The zero-order valence-electron chi connectivity index (χ0n) is 12.2. The van der Waals surface area contributed by atoms with Crippen molar-refractivity contribution in [2.75, 3.05) is 5.32 Å². The first-order chi connectivity index (χ1) is 11.0. The number of carbonyl (C=O) groups excluding carboxylic acids is 2. The Balaban J connectivity index is 2.14. The summed E-state index contributed by atoms with van der Waals surface area (Å²) >= 11 is 11.8. The Morgan fingerprint density at radius 2 is 1.70 bits per heavy atom. The summed E-state index contributed by atoms with van der Waals surface area (Å²) in [7, 11) is 0. The van der Waals surface area contributed by atoms with Crippen LogP contribution in [0.4, 0.5) is 11.4 Å². The highest BCUT2D eigenvalue weighted by Gasteiger charge is 2.23. The van der Waals surface area contributed by atoms with E-state index in [1.54, 1.807) is 48.5 Å². The van der Waals surface area contributed by atoms with E-state index in [2.05, 4.69) is 15.5 Å². The summed E-state index contributed by atoms with van der Waals surface area (Å²) < 4.78 is 0. The molecule has 1 unspecified atom stereocenters. The predicted molar refractivity (Wildman–Crippen MR) is 90.5 cm³/mol. The third-order valence-electron chi connectivity index (χ3n) is 2.88. The Morgan fingerprint density at radius 1 is 1.04 bits per heavy atom. The molecule has 0 aromatic heterocycles. The maximum Gasteiger partial charge on any atom is 0.258 e. The normalized spacial score (nSPS) is 12.1. The van der Waals surface area contributed by atoms with E-state index < -0.39 is 17.7 Å². The van der Waals surface area contributed by atoms with Gasteiger partial charge in [-0.15, -0.1) is 0 Å². The van der Waals surface area contributed by atoms with Crippen LogP contribution < -0.4 is 5.32 Å². The van der Waals surface area contributed by atoms with Crippen LogP contribution in [0.3, 0.4) is 0 Å². The predicted octanol–water partition coefficient (Wildman–Crippen LogP) is 4.67. The molecule has 23 heavy (non-hydrogen) atoms. The minimum Gasteiger partial charge on any atom is -0.322 e. The van der Waals surface area contributed by atoms with E-state index in [9.17, 15) is 9.59 Å². The lowest BCUT2D eigenvalue weighted by Crippen LogP contribution is -2.31. The van der Waals surface area contributed by atoms with Crippen molar-refractivity contribution in [3.8, 4) is 0 Å². The Morgan fingerprint density at radius 3 is 2.30 bits per heavy atom. The number of para-hydroxylation sites is 1. The molecule has 0 fully saturated rings. The van der Waals surface area contributed by atoms with Crippen molar-refractivity contribution in [3.05, 3.63) is 58.6 Å². The molecule has 118 valence electrons. The Hall–Kier alpha value is -2.24. The van der Waals surface area contributed by atoms with Gasteiger partial charge in [-0.2, -0.15) is 10.2 Å². The van der Waals surface area contributed by atoms with Crippen LogP contribution in [0.25, 0.3) is 0 Å². The molecule has 0 saturated carbocycles. The maximum absolute atomic E-state index is 12.2. The third kappa shape index (κ3) is 4.87. The highest BCUT2D eigenvalue weighted by Crippen LogP contribution is 2.21. The number of halogens is 2. The largest absolute Gasteiger partial charge is 0.322 e. The number of azo groups is 1. The van der Waals surface area contributed by atoms with Crippen molar-refractivity contribution < 1.29 is 9.59 Å². The summed E-state index contributed by atoms with van der Waals surface area (Å²) in [6.45, 7) is 1.28. The minimum absolute atomic E-state index is 0.373. The second kappa shape index (κ2) is 7.85. The quantitative estimate of drug-likeness (QED) is 0.629. The second-order valence-corrected chi connectivity index (χ2v) is 5.52. The first-order valence-electron chi connectivity index (χ1n) is 6.69. The molecule has 0 aliphatic carbocycles. The van der Waals surface area contributed by atoms with Gasteiger partial charge in [0, 0.05) is 5.02 Å². The van der Waals surface area contributed by atoms with Crippen molar-refractivity contribution in [1.29, 1.82) is 0 Å². The van der Waals surface area contributed by atoms with E-state index in [0.29, 0.717) is 21.4 Å². The van der Waals surface area contributed by atoms with Gasteiger partial charge in [-0.1, -0.05) is 35.3 Å². The van der Waals surface area contributed by atoms with Gasteiger partial charge >= 0.3 is 0 Å². The molecule has 5 nitrogen and oxygen atoms in total. The van der Waals surface area contributed by atoms with Crippen LogP contribution in [0.15, 0.2) is 58.8 Å². The highest BCUT2D eigenvalue weighted by atomic mass is 35.5. The summed E-state index contributed by atoms with van der Waals surface area (Å²) in [5.41, 5.74) is 0.901. The molecule has 7 heteroatoms. The van der Waals surface area contributed by atoms with Gasteiger partial charge in [0.2, 0.25) is 6.04 Å². The molecule has 0 saturated heterocycles. The van der Waals surface area contributed by atoms with Crippen LogP contribution in [-0.2, 0) is 9.59 Å². The zero-order valence-corrected chi connectivity index (χ0v) is 13.7. The number of benzene rings is 2. The van der Waals surface area contributed by atoms with E-state index in [4.69, 9.17) is 23.2 Å². The van der Waals surface area contributed by atoms with Crippen LogP contribution >= 0.6 is 23.2 Å². The molecule has 0 radical (unpaired) electrons. The van der Waals surface area contributed by atoms with Gasteiger partial charge in [0.05, 0.1) is 16.4 Å². The van der Waals surface area contributed by atoms with Crippen LogP contribution in [-0.4, -0.2) is 17.7 Å². The number of nitrogens with one attached hydrogen (secondary N) is 1. The van der Waals surface area contributed by atoms with E-state index in [1.807, 2.05) is 0 Å². The molecule has 1 amide bonds. The number of rotatable bonds is 5. The average Bonchev–Trinajstić information content (AvgIpc) is 2.51. The van der Waals surface area contributed by atoms with E-state index in [0.717, 1.165) is 0 Å². The van der Waals surface area contributed by atoms with Gasteiger partial charge in [-0.05, 0) is 43.3 Å². The molecular weight excluding hydrogens is 337 g/mol. The summed E-state index contributed by atoms with van der Waals surface area (Å²) in [6, 6.07) is 12.0. The summed E-state index contributed by atoms with van der Waals surface area (Å²) in [4.78, 5) is 23.9. The zero-order chi connectivity index (χ0) is 16.8. The van der Waals surface area contributed by atoms with Gasteiger partial charge in [0.1, 0.15) is 0 Å². The number of hydrogen-bond donors (Lipinski definition) is 1. The fraction of sp³-hybridized carbons (Fsp3) is 0.125. The molecule has 1 atom stereocenters. The summed E-state index contributed by atoms with van der Waals surface area (Å²) in [6.07, 6.45) is 0. The number of carbonyl (C=O) groups is 2. The maximum atomic E-state index is 12.2. The van der Waals surface area contributed by atoms with Crippen molar-refractivity contribution in [3.63, 3.8) is 0 Å². The fourth-order valence-electron chi connectivity index (χ4n) is 1.71.